The van der Waals surface area contributed by atoms with Crippen molar-refractivity contribution in [3.05, 3.63) is 59.2 Å². The second-order valence-electron chi connectivity index (χ2n) is 7.49. The molecule has 0 unspecified atom stereocenters. The molecule has 30 heavy (non-hydrogen) atoms. The van der Waals surface area contributed by atoms with E-state index in [-0.39, 0.29) is 17.6 Å². The average molecular weight is 418 g/mol. The van der Waals surface area contributed by atoms with Gasteiger partial charge in [0.25, 0.3) is 11.8 Å². The lowest BCUT2D eigenvalue weighted by Crippen LogP contribution is -2.45. The number of hydrogen-bond acceptors (Lipinski definition) is 3. The van der Waals surface area contributed by atoms with Gasteiger partial charge in [0, 0.05) is 24.7 Å². The van der Waals surface area contributed by atoms with E-state index in [9.17, 15) is 22.8 Å². The number of fused-ring (bicyclic) bond motifs is 2. The summed E-state index contributed by atoms with van der Waals surface area (Å²) in [5.41, 5.74) is -0.940. The van der Waals surface area contributed by atoms with Crippen molar-refractivity contribution in [2.24, 2.45) is 0 Å². The Labute approximate surface area is 171 Å². The van der Waals surface area contributed by atoms with Gasteiger partial charge in [-0.1, -0.05) is 12.1 Å². The Balaban J connectivity index is 1.62. The van der Waals surface area contributed by atoms with Gasteiger partial charge in [-0.05, 0) is 49.6 Å². The highest BCUT2D eigenvalue weighted by Crippen LogP contribution is 2.33. The van der Waals surface area contributed by atoms with Crippen molar-refractivity contribution in [3.63, 3.8) is 0 Å². The zero-order valence-corrected chi connectivity index (χ0v) is 16.2. The van der Waals surface area contributed by atoms with E-state index in [0.717, 1.165) is 37.8 Å². The molecule has 0 saturated carbocycles. The van der Waals surface area contributed by atoms with Crippen LogP contribution in [0.1, 0.15) is 52.0 Å². The molecule has 1 fully saturated rings. The van der Waals surface area contributed by atoms with Crippen LogP contribution < -0.4 is 10.1 Å². The Morgan fingerprint density at radius 3 is 2.70 bits per heavy atom. The molecule has 2 amide bonds. The highest BCUT2D eigenvalue weighted by Gasteiger charge is 2.35. The van der Waals surface area contributed by atoms with Gasteiger partial charge in [-0.25, -0.2) is 0 Å². The molecule has 2 heterocycles. The number of amides is 2. The Kier molecular flexibility index (Phi) is 5.40. The molecule has 2 aromatic rings. The number of hydrogen-bond donors (Lipinski definition) is 1. The monoisotopic (exact) mass is 418 g/mol. The fraction of sp³-hybridized carbons (Fsp3) is 0.364. The first-order valence-electron chi connectivity index (χ1n) is 9.90. The summed E-state index contributed by atoms with van der Waals surface area (Å²) in [6.45, 7) is 1.14. The summed E-state index contributed by atoms with van der Waals surface area (Å²) >= 11 is 0. The summed E-state index contributed by atoms with van der Waals surface area (Å²) in [7, 11) is 0. The fourth-order valence-electron chi connectivity index (χ4n) is 4.06. The van der Waals surface area contributed by atoms with Gasteiger partial charge in [0.2, 0.25) is 0 Å². The lowest BCUT2D eigenvalue weighted by Gasteiger charge is -2.37. The molecule has 5 nitrogen and oxygen atoms in total. The molecule has 0 aromatic heterocycles. The summed E-state index contributed by atoms with van der Waals surface area (Å²) in [4.78, 5) is 27.5. The minimum absolute atomic E-state index is 0.122. The lowest BCUT2D eigenvalue weighted by atomic mass is 9.97. The maximum atomic E-state index is 13.2. The molecule has 158 valence electrons. The van der Waals surface area contributed by atoms with Crippen LogP contribution >= 0.6 is 0 Å². The van der Waals surface area contributed by atoms with Crippen LogP contribution in [-0.4, -0.2) is 35.9 Å². The van der Waals surface area contributed by atoms with Crippen LogP contribution in [0.2, 0.25) is 0 Å². The highest BCUT2D eigenvalue weighted by atomic mass is 19.4. The van der Waals surface area contributed by atoms with Crippen molar-refractivity contribution in [2.45, 2.75) is 37.9 Å². The van der Waals surface area contributed by atoms with Crippen LogP contribution in [0.25, 0.3) is 0 Å². The van der Waals surface area contributed by atoms with Crippen molar-refractivity contribution in [1.29, 1.82) is 0 Å². The first-order valence-corrected chi connectivity index (χ1v) is 9.90. The van der Waals surface area contributed by atoms with Gasteiger partial charge in [0.1, 0.15) is 5.75 Å². The summed E-state index contributed by atoms with van der Waals surface area (Å²) < 4.78 is 45.4. The SMILES string of the molecule is O=C(Nc1ccc2c(c1)C(=O)N1CCCC[C@H]1CCO2)c1ccccc1C(F)(F)F. The van der Waals surface area contributed by atoms with E-state index in [2.05, 4.69) is 5.32 Å². The van der Waals surface area contributed by atoms with E-state index in [1.54, 1.807) is 6.07 Å². The van der Waals surface area contributed by atoms with Crippen molar-refractivity contribution in [1.82, 2.24) is 4.90 Å². The van der Waals surface area contributed by atoms with Crippen LogP contribution in [0.4, 0.5) is 18.9 Å². The molecular weight excluding hydrogens is 397 g/mol. The third-order valence-electron chi connectivity index (χ3n) is 5.54. The molecular formula is C22H21F3N2O3. The van der Waals surface area contributed by atoms with E-state index in [1.807, 2.05) is 4.90 Å². The number of halogens is 3. The number of nitrogens with zero attached hydrogens (tertiary/aromatic N) is 1. The van der Waals surface area contributed by atoms with Gasteiger partial charge in [-0.3, -0.25) is 9.59 Å². The summed E-state index contributed by atoms with van der Waals surface area (Å²) in [6.07, 6.45) is -0.959. The van der Waals surface area contributed by atoms with E-state index in [4.69, 9.17) is 4.74 Å². The van der Waals surface area contributed by atoms with Crippen LogP contribution in [0.15, 0.2) is 42.5 Å². The van der Waals surface area contributed by atoms with E-state index < -0.39 is 23.2 Å². The third-order valence-corrected chi connectivity index (χ3v) is 5.54. The number of carbonyl (C=O) groups is 2. The van der Waals surface area contributed by atoms with Crippen molar-refractivity contribution in [2.75, 3.05) is 18.5 Å². The molecule has 8 heteroatoms. The first-order chi connectivity index (χ1) is 14.3. The molecule has 4 rings (SSSR count). The molecule has 0 radical (unpaired) electrons. The Morgan fingerprint density at radius 2 is 1.90 bits per heavy atom. The van der Waals surface area contributed by atoms with Gasteiger partial charge in [-0.2, -0.15) is 13.2 Å². The predicted molar refractivity (Wildman–Crippen MR) is 105 cm³/mol. The maximum Gasteiger partial charge on any atom is 0.417 e. The minimum Gasteiger partial charge on any atom is -0.493 e. The summed E-state index contributed by atoms with van der Waals surface area (Å²) in [5, 5.41) is 2.48. The van der Waals surface area contributed by atoms with Gasteiger partial charge >= 0.3 is 6.18 Å². The lowest BCUT2D eigenvalue weighted by molar-refractivity contribution is -0.137. The predicted octanol–water partition coefficient (Wildman–Crippen LogP) is 4.73. The van der Waals surface area contributed by atoms with Crippen molar-refractivity contribution in [3.8, 4) is 5.75 Å². The molecule has 2 aliphatic rings. The quantitative estimate of drug-likeness (QED) is 0.767. The van der Waals surface area contributed by atoms with E-state index in [0.29, 0.717) is 24.5 Å². The van der Waals surface area contributed by atoms with Crippen LogP contribution in [0, 0.1) is 0 Å². The van der Waals surface area contributed by atoms with Crippen LogP contribution in [0.5, 0.6) is 5.75 Å². The number of nitrogens with one attached hydrogen (secondary N) is 1. The smallest absolute Gasteiger partial charge is 0.417 e. The first kappa shape index (κ1) is 20.3. The molecule has 1 atom stereocenters. The Morgan fingerprint density at radius 1 is 1.10 bits per heavy atom. The highest BCUT2D eigenvalue weighted by molar-refractivity contribution is 6.06. The number of carbonyl (C=O) groups excluding carboxylic acids is 2. The molecule has 1 N–H and O–H groups in total. The fourth-order valence-corrected chi connectivity index (χ4v) is 4.06. The maximum absolute atomic E-state index is 13.2. The third kappa shape index (κ3) is 3.99. The van der Waals surface area contributed by atoms with Crippen molar-refractivity contribution >= 4 is 17.5 Å². The van der Waals surface area contributed by atoms with E-state index in [1.165, 1.54) is 24.3 Å². The topological polar surface area (TPSA) is 58.6 Å². The number of benzene rings is 2. The number of anilines is 1. The second-order valence-corrected chi connectivity index (χ2v) is 7.49. The van der Waals surface area contributed by atoms with Gasteiger partial charge in [0.05, 0.1) is 23.3 Å². The van der Waals surface area contributed by atoms with Crippen LogP contribution in [0.3, 0.4) is 0 Å². The van der Waals surface area contributed by atoms with Gasteiger partial charge in [0.15, 0.2) is 0 Å². The largest absolute Gasteiger partial charge is 0.493 e. The number of rotatable bonds is 2. The standard InChI is InChI=1S/C22H21F3N2O3/c23-22(24,25)18-7-2-1-6-16(18)20(28)26-14-8-9-19-17(13-14)21(29)27-11-4-3-5-15(27)10-12-30-19/h1-2,6-9,13,15H,3-5,10-12H2,(H,26,28)/t15-/m0/s1. The zero-order chi connectivity index (χ0) is 21.3. The number of piperidine rings is 1. The molecule has 0 spiro atoms. The van der Waals surface area contributed by atoms with Gasteiger partial charge in [-0.15, -0.1) is 0 Å². The Hall–Kier alpha value is -3.03. The summed E-state index contributed by atoms with van der Waals surface area (Å²) in [5.74, 6) is -0.656. The molecule has 2 aliphatic heterocycles. The van der Waals surface area contributed by atoms with Crippen LogP contribution in [-0.2, 0) is 6.18 Å². The average Bonchev–Trinajstić information content (AvgIpc) is 2.73. The number of ether oxygens (including phenoxy) is 1. The van der Waals surface area contributed by atoms with Gasteiger partial charge < -0.3 is 15.0 Å². The summed E-state index contributed by atoms with van der Waals surface area (Å²) in [6, 6.07) is 9.29. The zero-order valence-electron chi connectivity index (χ0n) is 16.2. The normalized spacial score (nSPS) is 19.1. The van der Waals surface area contributed by atoms with Crippen molar-refractivity contribution < 1.29 is 27.5 Å². The molecule has 1 saturated heterocycles. The Bertz CT molecular complexity index is 974. The molecule has 0 bridgehead atoms. The second kappa shape index (κ2) is 8.01. The molecule has 2 aromatic carbocycles. The number of alkyl halides is 3. The molecule has 0 aliphatic carbocycles. The van der Waals surface area contributed by atoms with E-state index >= 15 is 0 Å². The minimum atomic E-state index is -4.65.